The largest absolute Gasteiger partial charge is 0.288 e. The molecule has 1 amide bonds. The SMILES string of the molecule is CC(C)N(c1cccc(/C(=C\C(=O)NO)c2cccnc2)c1)S(=O)(=O)c1cccc(Cl)c1. The second-order valence-corrected chi connectivity index (χ2v) is 9.43. The minimum absolute atomic E-state index is 0.0757. The summed E-state index contributed by atoms with van der Waals surface area (Å²) < 4.78 is 28.2. The average Bonchev–Trinajstić information content (AvgIpc) is 2.77. The Kier molecular flexibility index (Phi) is 7.29. The van der Waals surface area contributed by atoms with Crippen molar-refractivity contribution in [3.63, 3.8) is 0 Å². The molecule has 9 heteroatoms. The van der Waals surface area contributed by atoms with E-state index in [-0.39, 0.29) is 4.90 Å². The van der Waals surface area contributed by atoms with Crippen molar-refractivity contribution < 1.29 is 18.4 Å². The highest BCUT2D eigenvalue weighted by Gasteiger charge is 2.28. The molecule has 0 aliphatic carbocycles. The Hall–Kier alpha value is -3.20. The first-order valence-electron chi connectivity index (χ1n) is 9.70. The quantitative estimate of drug-likeness (QED) is 0.304. The van der Waals surface area contributed by atoms with Crippen molar-refractivity contribution in [3.8, 4) is 0 Å². The summed E-state index contributed by atoms with van der Waals surface area (Å²) in [6.07, 6.45) is 4.40. The molecule has 0 unspecified atom stereocenters. The molecule has 0 bridgehead atoms. The van der Waals surface area contributed by atoms with Crippen molar-refractivity contribution >= 4 is 38.8 Å². The molecule has 1 aromatic heterocycles. The number of pyridine rings is 1. The van der Waals surface area contributed by atoms with Crippen LogP contribution in [0.3, 0.4) is 0 Å². The number of nitrogens with zero attached hydrogens (tertiary/aromatic N) is 2. The van der Waals surface area contributed by atoms with E-state index in [1.165, 1.54) is 22.5 Å². The lowest BCUT2D eigenvalue weighted by Gasteiger charge is -2.29. The van der Waals surface area contributed by atoms with Gasteiger partial charge in [-0.25, -0.2) is 13.9 Å². The number of amides is 1. The summed E-state index contributed by atoms with van der Waals surface area (Å²) in [5.41, 5.74) is 3.67. The standard InChI is InChI=1S/C23H22ClN3O4S/c1-16(2)27(32(30,31)21-10-4-8-19(24)13-21)20-9-3-6-17(12-20)22(14-23(28)26-29)18-7-5-11-25-15-18/h3-16,29H,1-2H3,(H,26,28)/b22-14+. The van der Waals surface area contributed by atoms with E-state index in [0.717, 1.165) is 0 Å². The van der Waals surface area contributed by atoms with Crippen LogP contribution < -0.4 is 9.79 Å². The Bertz CT molecular complexity index is 1240. The number of hydroxylamine groups is 1. The van der Waals surface area contributed by atoms with Crippen LogP contribution in [0.4, 0.5) is 5.69 Å². The molecule has 7 nitrogen and oxygen atoms in total. The molecule has 0 radical (unpaired) electrons. The highest BCUT2D eigenvalue weighted by Crippen LogP contribution is 2.31. The molecule has 0 aliphatic heterocycles. The molecule has 2 N–H and O–H groups in total. The smallest absolute Gasteiger partial charge is 0.267 e. The maximum absolute atomic E-state index is 13.4. The molecule has 2 aromatic carbocycles. The lowest BCUT2D eigenvalue weighted by atomic mass is 9.98. The van der Waals surface area contributed by atoms with Gasteiger partial charge < -0.3 is 0 Å². The van der Waals surface area contributed by atoms with Gasteiger partial charge in [-0.1, -0.05) is 35.9 Å². The van der Waals surface area contributed by atoms with E-state index >= 15 is 0 Å². The van der Waals surface area contributed by atoms with Crippen molar-refractivity contribution in [2.45, 2.75) is 24.8 Å². The summed E-state index contributed by atoms with van der Waals surface area (Å²) in [5, 5.41) is 9.31. The van der Waals surface area contributed by atoms with Crippen molar-refractivity contribution in [3.05, 3.63) is 95.3 Å². The van der Waals surface area contributed by atoms with Crippen LogP contribution in [-0.4, -0.2) is 30.6 Å². The van der Waals surface area contributed by atoms with E-state index in [1.807, 2.05) is 0 Å². The Morgan fingerprint density at radius 3 is 2.44 bits per heavy atom. The molecule has 0 atom stereocenters. The van der Waals surface area contributed by atoms with E-state index in [9.17, 15) is 13.2 Å². The summed E-state index contributed by atoms with van der Waals surface area (Å²) in [4.78, 5) is 16.1. The lowest BCUT2D eigenvalue weighted by Crippen LogP contribution is -2.37. The van der Waals surface area contributed by atoms with E-state index in [2.05, 4.69) is 4.98 Å². The van der Waals surface area contributed by atoms with Crippen LogP contribution in [0.2, 0.25) is 5.02 Å². The van der Waals surface area contributed by atoms with Crippen LogP contribution in [-0.2, 0) is 14.8 Å². The average molecular weight is 472 g/mol. The highest BCUT2D eigenvalue weighted by molar-refractivity contribution is 7.92. The summed E-state index contributed by atoms with van der Waals surface area (Å²) in [7, 11) is -3.91. The molecule has 0 fully saturated rings. The first-order chi connectivity index (χ1) is 15.2. The number of rotatable bonds is 7. The predicted octanol–water partition coefficient (Wildman–Crippen LogP) is 4.28. The maximum atomic E-state index is 13.4. The zero-order chi connectivity index (χ0) is 23.3. The minimum Gasteiger partial charge on any atom is -0.288 e. The van der Waals surface area contributed by atoms with Crippen molar-refractivity contribution in [1.29, 1.82) is 0 Å². The molecule has 0 aliphatic rings. The topological polar surface area (TPSA) is 99.6 Å². The van der Waals surface area contributed by atoms with E-state index < -0.39 is 22.0 Å². The molecular weight excluding hydrogens is 450 g/mol. The molecule has 0 saturated carbocycles. The normalized spacial score (nSPS) is 12.0. The third-order valence-corrected chi connectivity index (χ3v) is 6.83. The van der Waals surface area contributed by atoms with Crippen molar-refractivity contribution in [1.82, 2.24) is 10.5 Å². The van der Waals surface area contributed by atoms with Gasteiger partial charge in [-0.05, 0) is 61.4 Å². The monoisotopic (exact) mass is 471 g/mol. The van der Waals surface area contributed by atoms with Crippen molar-refractivity contribution in [2.75, 3.05) is 4.31 Å². The van der Waals surface area contributed by atoms with Gasteiger partial charge in [0.25, 0.3) is 15.9 Å². The van der Waals surface area contributed by atoms with Gasteiger partial charge in [0.05, 0.1) is 10.6 Å². The van der Waals surface area contributed by atoms with Gasteiger partial charge in [-0.3, -0.25) is 19.3 Å². The third kappa shape index (κ3) is 5.16. The zero-order valence-corrected chi connectivity index (χ0v) is 19.0. The number of hydrogen-bond acceptors (Lipinski definition) is 5. The second kappa shape index (κ2) is 9.95. The number of aromatic nitrogens is 1. The van der Waals surface area contributed by atoms with Crippen molar-refractivity contribution in [2.24, 2.45) is 0 Å². The van der Waals surface area contributed by atoms with Crippen LogP contribution >= 0.6 is 11.6 Å². The molecule has 0 spiro atoms. The molecule has 0 saturated heterocycles. The van der Waals surface area contributed by atoms with Gasteiger partial charge in [0, 0.05) is 35.1 Å². The summed E-state index contributed by atoms with van der Waals surface area (Å²) in [5.74, 6) is -0.721. The fraction of sp³-hybridized carbons (Fsp3) is 0.130. The molecular formula is C23H22ClN3O4S. The lowest BCUT2D eigenvalue weighted by molar-refractivity contribution is -0.124. The zero-order valence-electron chi connectivity index (χ0n) is 17.4. The van der Waals surface area contributed by atoms with Crippen LogP contribution in [0.1, 0.15) is 25.0 Å². The summed E-state index contributed by atoms with van der Waals surface area (Å²) in [6.45, 7) is 3.54. The predicted molar refractivity (Wildman–Crippen MR) is 124 cm³/mol. The number of sulfonamides is 1. The number of anilines is 1. The number of nitrogens with one attached hydrogen (secondary N) is 1. The Balaban J connectivity index is 2.14. The molecule has 166 valence electrons. The molecule has 3 rings (SSSR count). The maximum Gasteiger partial charge on any atom is 0.267 e. The first kappa shape index (κ1) is 23.5. The van der Waals surface area contributed by atoms with Gasteiger partial charge in [0.15, 0.2) is 0 Å². The fourth-order valence-corrected chi connectivity index (χ4v) is 5.24. The van der Waals surface area contributed by atoms with Gasteiger partial charge in [0.1, 0.15) is 0 Å². The fourth-order valence-electron chi connectivity index (χ4n) is 3.28. The van der Waals surface area contributed by atoms with Gasteiger partial charge in [-0.2, -0.15) is 0 Å². The molecule has 3 aromatic rings. The molecule has 32 heavy (non-hydrogen) atoms. The van der Waals surface area contributed by atoms with Crippen LogP contribution in [0.25, 0.3) is 5.57 Å². The van der Waals surface area contributed by atoms with Crippen LogP contribution in [0.15, 0.2) is 84.0 Å². The number of carbonyl (C=O) groups is 1. The first-order valence-corrected chi connectivity index (χ1v) is 11.5. The highest BCUT2D eigenvalue weighted by atomic mass is 35.5. The van der Waals surface area contributed by atoms with Gasteiger partial charge in [0.2, 0.25) is 0 Å². The Morgan fingerprint density at radius 2 is 1.81 bits per heavy atom. The third-order valence-electron chi connectivity index (χ3n) is 4.59. The minimum atomic E-state index is -3.91. The number of halogens is 1. The number of carbonyl (C=O) groups excluding carboxylic acids is 1. The Labute approximate surface area is 192 Å². The molecule has 1 heterocycles. The van der Waals surface area contributed by atoms with E-state index in [4.69, 9.17) is 16.8 Å². The summed E-state index contributed by atoms with van der Waals surface area (Å²) in [6, 6.07) is 16.0. The summed E-state index contributed by atoms with van der Waals surface area (Å²) >= 11 is 6.02. The van der Waals surface area contributed by atoms with Crippen LogP contribution in [0, 0.1) is 0 Å². The second-order valence-electron chi connectivity index (χ2n) is 7.18. The van der Waals surface area contributed by atoms with E-state index in [1.54, 1.807) is 80.3 Å². The van der Waals surface area contributed by atoms with Gasteiger partial charge >= 0.3 is 0 Å². The van der Waals surface area contributed by atoms with Crippen LogP contribution in [0.5, 0.6) is 0 Å². The number of benzene rings is 2. The van der Waals surface area contributed by atoms with Gasteiger partial charge in [-0.15, -0.1) is 0 Å². The number of hydrogen-bond donors (Lipinski definition) is 2. The Morgan fingerprint density at radius 1 is 1.09 bits per heavy atom. The van der Waals surface area contributed by atoms with E-state index in [0.29, 0.717) is 27.4 Å².